The van der Waals surface area contributed by atoms with E-state index in [4.69, 9.17) is 9.47 Å². The van der Waals surface area contributed by atoms with Gasteiger partial charge in [-0.15, -0.1) is 24.0 Å². The molecule has 30 heavy (non-hydrogen) atoms. The Morgan fingerprint density at radius 1 is 1.17 bits per heavy atom. The van der Waals surface area contributed by atoms with Crippen molar-refractivity contribution in [1.82, 2.24) is 10.6 Å². The highest BCUT2D eigenvalue weighted by Gasteiger charge is 2.13. The van der Waals surface area contributed by atoms with Crippen LogP contribution in [-0.4, -0.2) is 44.5 Å². The second kappa shape index (κ2) is 14.2. The third-order valence-electron chi connectivity index (χ3n) is 4.25. The maximum absolute atomic E-state index is 13.8. The number of nitrogens with one attached hydrogen (secondary N) is 2. The number of aryl methyl sites for hydroxylation is 1. The number of ether oxygens (including phenoxy) is 2. The Kier molecular flexibility index (Phi) is 12.3. The molecule has 0 aromatic heterocycles. The van der Waals surface area contributed by atoms with E-state index in [1.54, 1.807) is 25.3 Å². The molecule has 2 rings (SSSR count). The van der Waals surface area contributed by atoms with Gasteiger partial charge in [-0.3, -0.25) is 0 Å². The highest BCUT2D eigenvalue weighted by molar-refractivity contribution is 14.0. The van der Waals surface area contributed by atoms with Gasteiger partial charge in [-0.05, 0) is 31.5 Å². The molecule has 0 heterocycles. The summed E-state index contributed by atoms with van der Waals surface area (Å²) in [5.74, 6) is 0.876. The van der Waals surface area contributed by atoms with Crippen molar-refractivity contribution < 1.29 is 19.0 Å². The number of aliphatic hydroxyl groups is 1. The van der Waals surface area contributed by atoms with Gasteiger partial charge in [0.15, 0.2) is 5.96 Å². The van der Waals surface area contributed by atoms with Crippen LogP contribution in [-0.2, 0) is 11.3 Å². The molecular weight excluding hydrogens is 500 g/mol. The van der Waals surface area contributed by atoms with Crippen LogP contribution in [0.2, 0.25) is 0 Å². The first-order valence-electron chi connectivity index (χ1n) is 9.71. The van der Waals surface area contributed by atoms with Gasteiger partial charge in [0.05, 0.1) is 19.3 Å². The minimum Gasteiger partial charge on any atom is -0.491 e. The minimum absolute atomic E-state index is 0. The summed E-state index contributed by atoms with van der Waals surface area (Å²) in [6, 6.07) is 12.2. The lowest BCUT2D eigenvalue weighted by Gasteiger charge is -2.16. The zero-order valence-corrected chi connectivity index (χ0v) is 20.0. The van der Waals surface area contributed by atoms with Gasteiger partial charge in [-0.1, -0.05) is 30.3 Å². The van der Waals surface area contributed by atoms with Crippen molar-refractivity contribution in [3.8, 4) is 5.75 Å². The monoisotopic (exact) mass is 531 g/mol. The zero-order valence-electron chi connectivity index (χ0n) is 17.7. The number of hydrogen-bond donors (Lipinski definition) is 3. The molecule has 0 saturated carbocycles. The number of hydrogen-bond acceptors (Lipinski definition) is 4. The summed E-state index contributed by atoms with van der Waals surface area (Å²) in [7, 11) is 1.63. The fourth-order valence-electron chi connectivity index (χ4n) is 2.72. The Morgan fingerprint density at radius 3 is 2.63 bits per heavy atom. The molecule has 166 valence electrons. The average Bonchev–Trinajstić information content (AvgIpc) is 2.71. The summed E-state index contributed by atoms with van der Waals surface area (Å²) in [5.41, 5.74) is 2.30. The first kappa shape index (κ1) is 26.1. The molecule has 0 aliphatic heterocycles. The summed E-state index contributed by atoms with van der Waals surface area (Å²) in [6.07, 6.45) is -0.979. The standard InChI is InChI=1S/C22H30FN3O3.HI/c1-4-24-22(26-15-20(27)18-7-5-6-8-19(18)23)25-14-17-10-9-16(2)13-21(17)29-12-11-28-3;/h5-10,13,20,27H,4,11-12,14-15H2,1-3H3,(H2,24,25,26);1H. The Balaban J connectivity index is 0.00000450. The molecule has 0 aliphatic rings. The van der Waals surface area contributed by atoms with Crippen LogP contribution in [0.15, 0.2) is 47.5 Å². The number of guanidine groups is 1. The van der Waals surface area contributed by atoms with E-state index >= 15 is 0 Å². The van der Waals surface area contributed by atoms with Crippen LogP contribution in [0.5, 0.6) is 5.75 Å². The molecule has 0 saturated heterocycles. The molecule has 1 unspecified atom stereocenters. The number of aliphatic imine (C=N–C) groups is 1. The lowest BCUT2D eigenvalue weighted by Crippen LogP contribution is -2.39. The van der Waals surface area contributed by atoms with Crippen molar-refractivity contribution in [2.45, 2.75) is 26.5 Å². The lowest BCUT2D eigenvalue weighted by atomic mass is 10.1. The third kappa shape index (κ3) is 8.45. The van der Waals surface area contributed by atoms with Gasteiger partial charge in [-0.2, -0.15) is 0 Å². The molecule has 0 aliphatic carbocycles. The fourth-order valence-corrected chi connectivity index (χ4v) is 2.72. The predicted molar refractivity (Wildman–Crippen MR) is 128 cm³/mol. The SMILES string of the molecule is CCNC(=NCc1ccc(C)cc1OCCOC)NCC(O)c1ccccc1F.I. The van der Waals surface area contributed by atoms with Crippen LogP contribution in [0, 0.1) is 12.7 Å². The molecule has 1 atom stereocenters. The maximum atomic E-state index is 13.8. The first-order valence-corrected chi connectivity index (χ1v) is 9.71. The predicted octanol–water partition coefficient (Wildman–Crippen LogP) is 3.57. The third-order valence-corrected chi connectivity index (χ3v) is 4.25. The minimum atomic E-state index is -0.979. The molecule has 2 aromatic rings. The van der Waals surface area contributed by atoms with E-state index in [-0.39, 0.29) is 36.1 Å². The summed E-state index contributed by atoms with van der Waals surface area (Å²) < 4.78 is 24.7. The van der Waals surface area contributed by atoms with Gasteiger partial charge in [0.25, 0.3) is 0 Å². The molecule has 2 aromatic carbocycles. The van der Waals surface area contributed by atoms with Crippen LogP contribution in [0.4, 0.5) is 4.39 Å². The van der Waals surface area contributed by atoms with Gasteiger partial charge in [0, 0.05) is 31.3 Å². The normalized spacial score (nSPS) is 12.1. The second-order valence-electron chi connectivity index (χ2n) is 6.57. The van der Waals surface area contributed by atoms with Gasteiger partial charge in [0.2, 0.25) is 0 Å². The molecule has 0 fully saturated rings. The highest BCUT2D eigenvalue weighted by Crippen LogP contribution is 2.21. The largest absolute Gasteiger partial charge is 0.491 e. The smallest absolute Gasteiger partial charge is 0.191 e. The lowest BCUT2D eigenvalue weighted by molar-refractivity contribution is 0.145. The zero-order chi connectivity index (χ0) is 21.1. The van der Waals surface area contributed by atoms with Crippen molar-refractivity contribution in [2.75, 3.05) is 33.4 Å². The van der Waals surface area contributed by atoms with Crippen molar-refractivity contribution in [1.29, 1.82) is 0 Å². The molecule has 0 amide bonds. The Morgan fingerprint density at radius 2 is 1.93 bits per heavy atom. The quantitative estimate of drug-likeness (QED) is 0.189. The van der Waals surface area contributed by atoms with Crippen LogP contribution >= 0.6 is 24.0 Å². The van der Waals surface area contributed by atoms with Gasteiger partial charge < -0.3 is 25.2 Å². The van der Waals surface area contributed by atoms with Crippen LogP contribution in [0.3, 0.4) is 0 Å². The molecule has 3 N–H and O–H groups in total. The molecule has 0 bridgehead atoms. The number of benzene rings is 2. The summed E-state index contributed by atoms with van der Waals surface area (Å²) in [5, 5.41) is 16.5. The number of rotatable bonds is 10. The average molecular weight is 531 g/mol. The van der Waals surface area contributed by atoms with E-state index in [1.165, 1.54) is 6.07 Å². The van der Waals surface area contributed by atoms with Crippen molar-refractivity contribution in [2.24, 2.45) is 4.99 Å². The molecular formula is C22H31FIN3O3. The second-order valence-corrected chi connectivity index (χ2v) is 6.57. The van der Waals surface area contributed by atoms with E-state index in [2.05, 4.69) is 15.6 Å². The molecule has 6 nitrogen and oxygen atoms in total. The Labute approximate surface area is 194 Å². The Hall–Kier alpha value is -1.91. The van der Waals surface area contributed by atoms with E-state index in [1.807, 2.05) is 32.0 Å². The van der Waals surface area contributed by atoms with Gasteiger partial charge in [-0.25, -0.2) is 9.38 Å². The fraction of sp³-hybridized carbons (Fsp3) is 0.409. The maximum Gasteiger partial charge on any atom is 0.191 e. The molecule has 8 heteroatoms. The number of methoxy groups -OCH3 is 1. The van der Waals surface area contributed by atoms with Crippen LogP contribution in [0.25, 0.3) is 0 Å². The topological polar surface area (TPSA) is 75.1 Å². The molecule has 0 radical (unpaired) electrons. The van der Waals surface area contributed by atoms with Crippen molar-refractivity contribution in [3.63, 3.8) is 0 Å². The molecule has 0 spiro atoms. The van der Waals surface area contributed by atoms with Crippen molar-refractivity contribution >= 4 is 29.9 Å². The number of aliphatic hydroxyl groups excluding tert-OH is 1. The van der Waals surface area contributed by atoms with E-state index in [9.17, 15) is 9.50 Å². The summed E-state index contributed by atoms with van der Waals surface area (Å²) in [4.78, 5) is 4.57. The summed E-state index contributed by atoms with van der Waals surface area (Å²) >= 11 is 0. The summed E-state index contributed by atoms with van der Waals surface area (Å²) in [6.45, 7) is 6.12. The number of nitrogens with zero attached hydrogens (tertiary/aromatic N) is 1. The number of halogens is 2. The van der Waals surface area contributed by atoms with Crippen molar-refractivity contribution in [3.05, 3.63) is 65.0 Å². The van der Waals surface area contributed by atoms with Gasteiger partial charge in [0.1, 0.15) is 18.2 Å². The van der Waals surface area contributed by atoms with E-state index in [0.717, 1.165) is 16.9 Å². The van der Waals surface area contributed by atoms with E-state index < -0.39 is 11.9 Å². The van der Waals surface area contributed by atoms with E-state index in [0.29, 0.717) is 32.3 Å². The highest BCUT2D eigenvalue weighted by atomic mass is 127. The van der Waals surface area contributed by atoms with Gasteiger partial charge >= 0.3 is 0 Å². The van der Waals surface area contributed by atoms with Crippen LogP contribution < -0.4 is 15.4 Å². The van der Waals surface area contributed by atoms with Crippen LogP contribution in [0.1, 0.15) is 29.7 Å². The first-order chi connectivity index (χ1) is 14.0. The Bertz CT molecular complexity index is 805.